The maximum atomic E-state index is 14.6. The molecule has 0 fully saturated rings. The Labute approximate surface area is 451 Å². The molecule has 0 spiro atoms. The second kappa shape index (κ2) is 30.8. The molecule has 78 heavy (non-hydrogen) atoms. The van der Waals surface area contributed by atoms with Gasteiger partial charge in [-0.25, -0.2) is 9.78 Å². The van der Waals surface area contributed by atoms with Gasteiger partial charge in [-0.3, -0.25) is 38.6 Å². The maximum Gasteiger partial charge on any atom is 0.326 e. The van der Waals surface area contributed by atoms with Crippen LogP contribution >= 0.6 is 0 Å². The number of fused-ring (bicyclic) bond motifs is 1. The average Bonchev–Trinajstić information content (AvgIpc) is 4.10. The van der Waals surface area contributed by atoms with E-state index in [1.54, 1.807) is 80.7 Å². The first-order valence-corrected chi connectivity index (χ1v) is 25.8. The molecule has 5 rings (SSSR count). The number of amides is 7. The number of carboxylic acids is 1. The number of nitrogens with zero attached hydrogens (tertiary/aromatic N) is 2. The lowest BCUT2D eigenvalue weighted by molar-refractivity contribution is -0.143. The molecule has 0 bridgehead atoms. The molecule has 18 N–H and O–H groups in total. The molecule has 0 aliphatic carbocycles. The summed E-state index contributed by atoms with van der Waals surface area (Å²) in [5.74, 6) is -7.13. The smallest absolute Gasteiger partial charge is 0.326 e. The van der Waals surface area contributed by atoms with Gasteiger partial charge in [0.05, 0.1) is 18.9 Å². The number of benzene rings is 3. The summed E-state index contributed by atoms with van der Waals surface area (Å²) in [7, 11) is 0. The van der Waals surface area contributed by atoms with Gasteiger partial charge < -0.3 is 75.2 Å². The maximum absolute atomic E-state index is 14.6. The summed E-state index contributed by atoms with van der Waals surface area (Å²) >= 11 is 0. The largest absolute Gasteiger partial charge is 0.480 e. The third-order valence-electron chi connectivity index (χ3n) is 12.7. The molecule has 0 radical (unpaired) electrons. The minimum Gasteiger partial charge on any atom is -0.480 e. The standard InChI is InChI=1S/C54H73N15O9/c1-32(2)46(53(77)78)69-52(76)43(25-34-16-7-4-8-17-34)67-49(73)40(20-11-12-22-55)64-45(70)30-62-48(72)44(26-35-28-61-39-19-10-9-18-37(35)39)68-50(74)41(21-13-23-60-54(57)58)65-51(75)42(24-33-14-5-3-6-15-33)66-47(71)38(56)27-36-29-59-31-63-36/h3-10,14-19,28-29,31-32,38,40-44,46,61H,11-13,20-27,30,55-56H2,1-2H3,(H,59,63)(H,62,72)(H,64,70)(H,65,75)(H,66,71)(H,67,73)(H,68,74)(H,69,76)(H,77,78)(H4,57,58,60)/t38-,40-,41-,42-,43+,44-,46-/m0/s1. The molecule has 0 aliphatic heterocycles. The topological polar surface area (TPSA) is 402 Å². The number of para-hydroxylation sites is 1. The van der Waals surface area contributed by atoms with E-state index in [-0.39, 0.29) is 57.5 Å². The Balaban J connectivity index is 1.36. The summed E-state index contributed by atoms with van der Waals surface area (Å²) in [6.45, 7) is 2.98. The number of carbonyl (C=O) groups is 8. The van der Waals surface area contributed by atoms with Crippen LogP contribution in [0.25, 0.3) is 10.9 Å². The zero-order chi connectivity index (χ0) is 56.6. The second-order valence-electron chi connectivity index (χ2n) is 19.2. The lowest BCUT2D eigenvalue weighted by Gasteiger charge is -2.26. The Morgan fingerprint density at radius 3 is 1.73 bits per heavy atom. The number of aliphatic carboxylic acids is 1. The Morgan fingerprint density at radius 1 is 0.615 bits per heavy atom. The highest BCUT2D eigenvalue weighted by molar-refractivity contribution is 5.97. The van der Waals surface area contributed by atoms with E-state index in [0.717, 1.165) is 10.9 Å². The van der Waals surface area contributed by atoms with E-state index in [1.807, 2.05) is 24.3 Å². The van der Waals surface area contributed by atoms with E-state index < -0.39 is 102 Å². The summed E-state index contributed by atoms with van der Waals surface area (Å²) in [6.07, 6.45) is 5.85. The SMILES string of the molecule is CC(C)[C@H](NC(=O)[C@@H](Cc1ccccc1)NC(=O)[C@H](CCCCN)NC(=O)CNC(=O)[C@H](Cc1c[nH]c2ccccc12)NC(=O)[C@H](CCCN=C(N)N)NC(=O)[C@H](Cc1ccccc1)NC(=O)[C@@H](N)Cc1cnc[nH]1)C(=O)O. The molecule has 0 unspecified atom stereocenters. The van der Waals surface area contributed by atoms with Gasteiger partial charge >= 0.3 is 5.97 Å². The number of nitrogens with one attached hydrogen (secondary N) is 9. The van der Waals surface area contributed by atoms with Crippen LogP contribution in [0.2, 0.25) is 0 Å². The molecule has 0 saturated heterocycles. The van der Waals surface area contributed by atoms with Crippen LogP contribution < -0.4 is 60.2 Å². The molecule has 2 aromatic heterocycles. The van der Waals surface area contributed by atoms with Crippen molar-refractivity contribution in [3.63, 3.8) is 0 Å². The molecular formula is C54H73N15O9. The quantitative estimate of drug-likeness (QED) is 0.0146. The van der Waals surface area contributed by atoms with Gasteiger partial charge in [0.25, 0.3) is 0 Å². The van der Waals surface area contributed by atoms with Gasteiger partial charge in [-0.2, -0.15) is 0 Å². The third kappa shape index (κ3) is 19.5. The normalized spacial score (nSPS) is 13.8. The van der Waals surface area contributed by atoms with Crippen molar-refractivity contribution >= 4 is 64.2 Å². The van der Waals surface area contributed by atoms with E-state index in [2.05, 4.69) is 57.2 Å². The van der Waals surface area contributed by atoms with Gasteiger partial charge in [-0.15, -0.1) is 0 Å². The van der Waals surface area contributed by atoms with Gasteiger partial charge in [0.2, 0.25) is 41.4 Å². The highest BCUT2D eigenvalue weighted by Gasteiger charge is 2.34. The number of hydrogen-bond acceptors (Lipinski definition) is 12. The average molecular weight is 1080 g/mol. The zero-order valence-electron chi connectivity index (χ0n) is 43.8. The summed E-state index contributed by atoms with van der Waals surface area (Å²) in [6, 6.07) is 16.3. The number of nitrogens with two attached hydrogens (primary N) is 4. The molecule has 2 heterocycles. The molecule has 0 aliphatic rings. The van der Waals surface area contributed by atoms with Crippen LogP contribution in [-0.2, 0) is 64.0 Å². The van der Waals surface area contributed by atoms with Crippen molar-refractivity contribution in [3.8, 4) is 0 Å². The van der Waals surface area contributed by atoms with Crippen molar-refractivity contribution in [1.82, 2.24) is 52.2 Å². The van der Waals surface area contributed by atoms with E-state index >= 15 is 0 Å². The van der Waals surface area contributed by atoms with E-state index in [9.17, 15) is 43.5 Å². The van der Waals surface area contributed by atoms with Gasteiger partial charge in [-0.1, -0.05) is 92.7 Å². The first-order chi connectivity index (χ1) is 37.4. The Bertz CT molecular complexity index is 2790. The van der Waals surface area contributed by atoms with Crippen LogP contribution in [0.3, 0.4) is 0 Å². The number of rotatable bonds is 32. The zero-order valence-corrected chi connectivity index (χ0v) is 43.8. The number of aliphatic imine (C=N–C) groups is 1. The molecule has 418 valence electrons. The van der Waals surface area contributed by atoms with Crippen LogP contribution in [0, 0.1) is 5.92 Å². The fourth-order valence-corrected chi connectivity index (χ4v) is 8.51. The molecule has 7 amide bonds. The second-order valence-corrected chi connectivity index (χ2v) is 19.2. The number of aromatic amines is 2. The van der Waals surface area contributed by atoms with E-state index in [4.69, 9.17) is 22.9 Å². The predicted molar refractivity (Wildman–Crippen MR) is 292 cm³/mol. The minimum absolute atomic E-state index is 0.000449. The highest BCUT2D eigenvalue weighted by Crippen LogP contribution is 2.20. The molecule has 24 nitrogen and oxygen atoms in total. The highest BCUT2D eigenvalue weighted by atomic mass is 16.4. The summed E-state index contributed by atoms with van der Waals surface area (Å²) < 4.78 is 0. The van der Waals surface area contributed by atoms with Crippen molar-refractivity contribution in [1.29, 1.82) is 0 Å². The fourth-order valence-electron chi connectivity index (χ4n) is 8.51. The van der Waals surface area contributed by atoms with Crippen LogP contribution in [0.5, 0.6) is 0 Å². The van der Waals surface area contributed by atoms with Crippen molar-refractivity contribution in [3.05, 3.63) is 126 Å². The number of carbonyl (C=O) groups excluding carboxylic acids is 7. The third-order valence-corrected chi connectivity index (χ3v) is 12.7. The number of hydrogen-bond donors (Lipinski definition) is 14. The lowest BCUT2D eigenvalue weighted by Crippen LogP contribution is -2.59. The Morgan fingerprint density at radius 2 is 1.15 bits per heavy atom. The molecule has 0 saturated carbocycles. The van der Waals surface area contributed by atoms with E-state index in [0.29, 0.717) is 41.8 Å². The number of H-pyrrole nitrogens is 2. The molecule has 5 aromatic rings. The number of imidazole rings is 1. The van der Waals surface area contributed by atoms with Crippen LogP contribution in [0.1, 0.15) is 68.3 Å². The number of unbranched alkanes of at least 4 members (excludes halogenated alkanes) is 1. The number of carboxylic acid groups (broad SMARTS) is 1. The van der Waals surface area contributed by atoms with E-state index in [1.165, 1.54) is 12.5 Å². The first kappa shape index (κ1) is 60.2. The molecular weight excluding hydrogens is 1000 g/mol. The fraction of sp³-hybridized carbons (Fsp3) is 0.407. The molecule has 3 aromatic carbocycles. The van der Waals surface area contributed by atoms with Crippen molar-refractivity contribution in [2.24, 2.45) is 33.8 Å². The molecule has 24 heteroatoms. The predicted octanol–water partition coefficient (Wildman–Crippen LogP) is -0.563. The number of aromatic nitrogens is 3. The minimum atomic E-state index is -1.36. The lowest BCUT2D eigenvalue weighted by atomic mass is 10.0. The van der Waals surface area contributed by atoms with Gasteiger partial charge in [0.1, 0.15) is 36.3 Å². The molecule has 7 atom stereocenters. The van der Waals surface area contributed by atoms with Gasteiger partial charge in [0, 0.05) is 61.2 Å². The number of guanidine groups is 1. The van der Waals surface area contributed by atoms with Crippen LogP contribution in [-0.4, -0.2) is 135 Å². The summed E-state index contributed by atoms with van der Waals surface area (Å²) in [4.78, 5) is 124. The summed E-state index contributed by atoms with van der Waals surface area (Å²) in [5.41, 5.74) is 26.5. The monoisotopic (exact) mass is 1080 g/mol. The van der Waals surface area contributed by atoms with Crippen molar-refractivity contribution in [2.45, 2.75) is 114 Å². The van der Waals surface area contributed by atoms with Crippen molar-refractivity contribution in [2.75, 3.05) is 19.6 Å². The van der Waals surface area contributed by atoms with Crippen LogP contribution in [0.15, 0.2) is 109 Å². The Hall–Kier alpha value is -8.64. The van der Waals surface area contributed by atoms with Gasteiger partial charge in [0.15, 0.2) is 5.96 Å². The first-order valence-electron chi connectivity index (χ1n) is 25.8. The van der Waals surface area contributed by atoms with Crippen molar-refractivity contribution < 1.29 is 43.5 Å². The van der Waals surface area contributed by atoms with Gasteiger partial charge in [-0.05, 0) is 67.3 Å². The Kier molecular flexibility index (Phi) is 23.8. The van der Waals surface area contributed by atoms with Crippen LogP contribution in [0.4, 0.5) is 0 Å². The summed E-state index contributed by atoms with van der Waals surface area (Å²) in [5, 5.41) is 29.3.